The Morgan fingerprint density at radius 3 is 2.41 bits per heavy atom. The lowest BCUT2D eigenvalue weighted by atomic mass is 10.5. The van der Waals surface area contributed by atoms with Gasteiger partial charge in [0, 0.05) is 25.5 Å². The average molecular weight is 293 g/mol. The molecule has 0 spiro atoms. The van der Waals surface area contributed by atoms with Crippen molar-refractivity contribution in [3.05, 3.63) is 0 Å². The van der Waals surface area contributed by atoms with Crippen LogP contribution in [0.3, 0.4) is 0 Å². The van der Waals surface area contributed by atoms with Gasteiger partial charge in [0.15, 0.2) is 0 Å². The van der Waals surface area contributed by atoms with Crippen LogP contribution in [0, 0.1) is 0 Å². The molecule has 0 unspecified atom stereocenters. The Labute approximate surface area is 104 Å². The highest BCUT2D eigenvalue weighted by atomic mass is 35.5. The van der Waals surface area contributed by atoms with Crippen LogP contribution in [0.25, 0.3) is 0 Å². The number of hydrogen-bond acceptors (Lipinski definition) is 3. The van der Waals surface area contributed by atoms with Gasteiger partial charge in [0.05, 0.1) is 19.8 Å². The highest BCUT2D eigenvalue weighted by Gasteiger charge is 2.32. The standard InChI is InChI=1S/C8H15ClF2N2O3S/c9-1-2-13(7-8(10)11)17(14,15)12-3-5-16-6-4-12/h8H,1-7H2. The molecule has 1 aliphatic rings. The normalized spacial score (nSPS) is 19.1. The average Bonchev–Trinajstić information content (AvgIpc) is 2.29. The molecule has 1 saturated heterocycles. The van der Waals surface area contributed by atoms with Crippen molar-refractivity contribution in [1.29, 1.82) is 0 Å². The molecular formula is C8H15ClF2N2O3S. The molecule has 0 saturated carbocycles. The monoisotopic (exact) mass is 292 g/mol. The minimum absolute atomic E-state index is 0.0176. The van der Waals surface area contributed by atoms with Gasteiger partial charge in [-0.3, -0.25) is 0 Å². The van der Waals surface area contributed by atoms with Crippen LogP contribution in [0.5, 0.6) is 0 Å². The summed E-state index contributed by atoms with van der Waals surface area (Å²) in [4.78, 5) is 0. The first kappa shape index (κ1) is 15.0. The number of rotatable bonds is 6. The first-order valence-corrected chi connectivity index (χ1v) is 7.08. The number of hydrogen-bond donors (Lipinski definition) is 0. The van der Waals surface area contributed by atoms with Crippen molar-refractivity contribution in [3.8, 4) is 0 Å². The molecule has 0 aromatic rings. The van der Waals surface area contributed by atoms with Crippen LogP contribution in [0.15, 0.2) is 0 Å². The predicted octanol–water partition coefficient (Wildman–Crippen LogP) is 0.369. The highest BCUT2D eigenvalue weighted by molar-refractivity contribution is 7.86. The van der Waals surface area contributed by atoms with E-state index in [1.807, 2.05) is 0 Å². The lowest BCUT2D eigenvalue weighted by Crippen LogP contribution is -2.50. The van der Waals surface area contributed by atoms with E-state index in [4.69, 9.17) is 16.3 Å². The zero-order chi connectivity index (χ0) is 12.9. The molecule has 0 aromatic carbocycles. The van der Waals surface area contributed by atoms with E-state index in [0.717, 1.165) is 8.61 Å². The van der Waals surface area contributed by atoms with E-state index < -0.39 is 23.2 Å². The zero-order valence-corrected chi connectivity index (χ0v) is 10.8. The lowest BCUT2D eigenvalue weighted by Gasteiger charge is -2.31. The molecule has 102 valence electrons. The first-order chi connectivity index (χ1) is 7.98. The molecule has 0 aliphatic carbocycles. The van der Waals surface area contributed by atoms with Gasteiger partial charge in [-0.1, -0.05) is 0 Å². The van der Waals surface area contributed by atoms with Gasteiger partial charge in [0.1, 0.15) is 0 Å². The van der Waals surface area contributed by atoms with Gasteiger partial charge in [-0.05, 0) is 0 Å². The third-order valence-corrected chi connectivity index (χ3v) is 4.47. The second kappa shape index (κ2) is 6.79. The van der Waals surface area contributed by atoms with E-state index in [-0.39, 0.29) is 38.7 Å². The van der Waals surface area contributed by atoms with Crippen molar-refractivity contribution in [1.82, 2.24) is 8.61 Å². The van der Waals surface area contributed by atoms with Crippen molar-refractivity contribution >= 4 is 21.8 Å². The molecule has 17 heavy (non-hydrogen) atoms. The molecule has 0 aromatic heterocycles. The maximum absolute atomic E-state index is 12.3. The summed E-state index contributed by atoms with van der Waals surface area (Å²) in [5.74, 6) is -0.0176. The molecule has 0 atom stereocenters. The molecule has 9 heteroatoms. The summed E-state index contributed by atoms with van der Waals surface area (Å²) in [7, 11) is -3.86. The summed E-state index contributed by atoms with van der Waals surface area (Å²) in [5.41, 5.74) is 0. The van der Waals surface area contributed by atoms with Crippen molar-refractivity contribution in [2.24, 2.45) is 0 Å². The highest BCUT2D eigenvalue weighted by Crippen LogP contribution is 2.13. The van der Waals surface area contributed by atoms with Gasteiger partial charge in [0.25, 0.3) is 16.6 Å². The third-order valence-electron chi connectivity index (χ3n) is 2.30. The van der Waals surface area contributed by atoms with Gasteiger partial charge in [-0.15, -0.1) is 11.6 Å². The van der Waals surface area contributed by atoms with Crippen LogP contribution in [0.4, 0.5) is 8.78 Å². The Kier molecular flexibility index (Phi) is 6.01. The summed E-state index contributed by atoms with van der Waals surface area (Å²) >= 11 is 5.43. The van der Waals surface area contributed by atoms with E-state index in [2.05, 4.69) is 0 Å². The molecule has 0 N–H and O–H groups in total. The van der Waals surface area contributed by atoms with E-state index in [9.17, 15) is 17.2 Å². The van der Waals surface area contributed by atoms with Crippen LogP contribution in [0.2, 0.25) is 0 Å². The lowest BCUT2D eigenvalue weighted by molar-refractivity contribution is 0.0673. The number of nitrogens with zero attached hydrogens (tertiary/aromatic N) is 2. The van der Waals surface area contributed by atoms with Crippen molar-refractivity contribution in [2.45, 2.75) is 6.43 Å². The predicted molar refractivity (Wildman–Crippen MR) is 59.6 cm³/mol. The molecule has 1 fully saturated rings. The molecule has 0 amide bonds. The minimum Gasteiger partial charge on any atom is -0.379 e. The Morgan fingerprint density at radius 1 is 1.35 bits per heavy atom. The molecule has 1 heterocycles. The van der Waals surface area contributed by atoms with E-state index >= 15 is 0 Å². The van der Waals surface area contributed by atoms with Crippen LogP contribution < -0.4 is 0 Å². The Bertz CT molecular complexity index is 323. The zero-order valence-electron chi connectivity index (χ0n) is 9.19. The van der Waals surface area contributed by atoms with E-state index in [1.54, 1.807) is 0 Å². The summed E-state index contributed by atoms with van der Waals surface area (Å²) < 4.78 is 55.5. The van der Waals surface area contributed by atoms with Gasteiger partial charge in [0.2, 0.25) is 0 Å². The van der Waals surface area contributed by atoms with Crippen molar-refractivity contribution in [3.63, 3.8) is 0 Å². The summed E-state index contributed by atoms with van der Waals surface area (Å²) in [6.07, 6.45) is -2.71. The molecule has 1 aliphatic heterocycles. The molecule has 0 bridgehead atoms. The smallest absolute Gasteiger partial charge is 0.282 e. The quantitative estimate of drug-likeness (QED) is 0.665. The molecule has 0 radical (unpaired) electrons. The molecule has 1 rings (SSSR count). The Morgan fingerprint density at radius 2 is 1.94 bits per heavy atom. The van der Waals surface area contributed by atoms with Gasteiger partial charge in [-0.2, -0.15) is 17.0 Å². The minimum atomic E-state index is -3.86. The Balaban J connectivity index is 2.74. The third kappa shape index (κ3) is 4.29. The fourth-order valence-corrected chi connectivity index (χ4v) is 3.35. The number of morpholine rings is 1. The van der Waals surface area contributed by atoms with Crippen molar-refractivity contribution in [2.75, 3.05) is 45.3 Å². The first-order valence-electron chi connectivity index (χ1n) is 5.15. The second-order valence-corrected chi connectivity index (χ2v) is 5.76. The summed E-state index contributed by atoms with van der Waals surface area (Å²) in [6.45, 7) is -0.0159. The SMILES string of the molecule is O=S(=O)(N1CCOCC1)N(CCCl)CC(F)F. The fourth-order valence-electron chi connectivity index (χ4n) is 1.49. The van der Waals surface area contributed by atoms with E-state index in [1.165, 1.54) is 0 Å². The van der Waals surface area contributed by atoms with Crippen LogP contribution in [-0.4, -0.2) is 68.7 Å². The maximum atomic E-state index is 12.3. The number of ether oxygens (including phenoxy) is 1. The van der Waals surface area contributed by atoms with Gasteiger partial charge in [-0.25, -0.2) is 8.78 Å². The van der Waals surface area contributed by atoms with Crippen LogP contribution in [-0.2, 0) is 14.9 Å². The summed E-state index contributed by atoms with van der Waals surface area (Å²) in [5, 5.41) is 0. The number of halogens is 3. The van der Waals surface area contributed by atoms with E-state index in [0.29, 0.717) is 0 Å². The van der Waals surface area contributed by atoms with Crippen molar-refractivity contribution < 1.29 is 21.9 Å². The fraction of sp³-hybridized carbons (Fsp3) is 1.00. The second-order valence-electron chi connectivity index (χ2n) is 3.46. The largest absolute Gasteiger partial charge is 0.379 e. The molecular weight excluding hydrogens is 278 g/mol. The Hall–Kier alpha value is -0.0200. The van der Waals surface area contributed by atoms with Gasteiger partial charge >= 0.3 is 0 Å². The van der Waals surface area contributed by atoms with Crippen LogP contribution >= 0.6 is 11.6 Å². The van der Waals surface area contributed by atoms with Gasteiger partial charge < -0.3 is 4.74 Å². The maximum Gasteiger partial charge on any atom is 0.282 e. The summed E-state index contributed by atoms with van der Waals surface area (Å²) in [6, 6.07) is 0. The molecule has 5 nitrogen and oxygen atoms in total. The topological polar surface area (TPSA) is 49.9 Å². The number of alkyl halides is 3. The van der Waals surface area contributed by atoms with Crippen LogP contribution in [0.1, 0.15) is 0 Å².